The molecule has 1 atom stereocenters. The fraction of sp³-hybridized carbons (Fsp3) is 0.462. The molecule has 6 heteroatoms. The Hall–Kier alpha value is -0.910. The molecule has 0 aromatic heterocycles. The molecular weight excluding hydrogens is 328 g/mol. The standard InChI is InChI=1S/C13H13BrF4O/c1-7(2)12(19)10(14)6-8-5-9(13(16,17)18)3-4-11(8)15/h3-5,7,10H,6H2,1-2H3. The molecule has 1 unspecified atom stereocenters. The summed E-state index contributed by atoms with van der Waals surface area (Å²) in [5.74, 6) is -1.18. The number of carbonyl (C=O) groups excluding carboxylic acids is 1. The predicted octanol–water partition coefficient (Wildman–Crippen LogP) is 4.38. The van der Waals surface area contributed by atoms with Gasteiger partial charge in [0.25, 0.3) is 0 Å². The Bertz CT molecular complexity index is 468. The van der Waals surface area contributed by atoms with Gasteiger partial charge in [-0.1, -0.05) is 29.8 Å². The molecule has 1 nitrogen and oxygen atoms in total. The van der Waals surface area contributed by atoms with Crippen LogP contribution >= 0.6 is 15.9 Å². The number of hydrogen-bond donors (Lipinski definition) is 0. The van der Waals surface area contributed by atoms with Crippen molar-refractivity contribution in [3.63, 3.8) is 0 Å². The number of hydrogen-bond acceptors (Lipinski definition) is 1. The molecule has 0 saturated carbocycles. The Kier molecular flexibility index (Phi) is 5.12. The van der Waals surface area contributed by atoms with Gasteiger partial charge in [-0.05, 0) is 30.2 Å². The Labute approximate surface area is 117 Å². The van der Waals surface area contributed by atoms with Crippen molar-refractivity contribution < 1.29 is 22.4 Å². The second kappa shape index (κ2) is 6.03. The molecule has 0 aliphatic carbocycles. The normalized spacial score (nSPS) is 13.7. The SMILES string of the molecule is CC(C)C(=O)C(Br)Cc1cc(C(F)(F)F)ccc1F. The van der Waals surface area contributed by atoms with E-state index in [0.717, 1.165) is 12.1 Å². The lowest BCUT2D eigenvalue weighted by Crippen LogP contribution is -2.22. The molecule has 0 aliphatic rings. The molecule has 1 rings (SSSR count). The van der Waals surface area contributed by atoms with Crippen LogP contribution in [0.25, 0.3) is 0 Å². The number of Topliss-reactive ketones (excluding diaryl/α,β-unsaturated/α-hetero) is 1. The third kappa shape index (κ3) is 4.30. The number of halogens is 5. The summed E-state index contributed by atoms with van der Waals surface area (Å²) >= 11 is 3.09. The molecule has 0 fully saturated rings. The molecule has 0 radical (unpaired) electrons. The molecule has 0 saturated heterocycles. The van der Waals surface area contributed by atoms with E-state index in [1.54, 1.807) is 13.8 Å². The Morgan fingerprint density at radius 3 is 2.37 bits per heavy atom. The Morgan fingerprint density at radius 2 is 1.89 bits per heavy atom. The number of carbonyl (C=O) groups is 1. The van der Waals surface area contributed by atoms with Gasteiger partial charge in [0.2, 0.25) is 0 Å². The minimum atomic E-state index is -4.52. The zero-order chi connectivity index (χ0) is 14.8. The number of alkyl halides is 4. The maximum absolute atomic E-state index is 13.5. The highest BCUT2D eigenvalue weighted by molar-refractivity contribution is 9.10. The van der Waals surface area contributed by atoms with Crippen LogP contribution in [0.3, 0.4) is 0 Å². The first-order valence-electron chi connectivity index (χ1n) is 5.66. The zero-order valence-corrected chi connectivity index (χ0v) is 12.0. The first-order chi connectivity index (χ1) is 8.62. The van der Waals surface area contributed by atoms with E-state index in [0.29, 0.717) is 6.07 Å². The molecule has 1 aromatic rings. The van der Waals surface area contributed by atoms with Crippen molar-refractivity contribution in [1.29, 1.82) is 0 Å². The molecule has 0 heterocycles. The van der Waals surface area contributed by atoms with Gasteiger partial charge < -0.3 is 0 Å². The molecule has 0 bridgehead atoms. The average molecular weight is 341 g/mol. The summed E-state index contributed by atoms with van der Waals surface area (Å²) in [6.07, 6.45) is -4.63. The van der Waals surface area contributed by atoms with Gasteiger partial charge in [0, 0.05) is 5.92 Å². The van der Waals surface area contributed by atoms with E-state index in [-0.39, 0.29) is 23.7 Å². The van der Waals surface area contributed by atoms with E-state index in [1.807, 2.05) is 0 Å². The van der Waals surface area contributed by atoms with Crippen LogP contribution in [0.15, 0.2) is 18.2 Å². The first-order valence-corrected chi connectivity index (χ1v) is 6.58. The molecule has 1 aromatic carbocycles. The second-order valence-corrected chi connectivity index (χ2v) is 5.64. The molecule has 0 amide bonds. The summed E-state index contributed by atoms with van der Waals surface area (Å²) in [6, 6.07) is 2.21. The number of benzene rings is 1. The average Bonchev–Trinajstić information content (AvgIpc) is 2.29. The maximum atomic E-state index is 13.5. The fourth-order valence-corrected chi connectivity index (χ4v) is 2.44. The highest BCUT2D eigenvalue weighted by Gasteiger charge is 2.31. The van der Waals surface area contributed by atoms with Gasteiger partial charge in [0.1, 0.15) is 11.6 Å². The van der Waals surface area contributed by atoms with Crippen molar-refractivity contribution in [2.75, 3.05) is 0 Å². The van der Waals surface area contributed by atoms with Gasteiger partial charge in [-0.25, -0.2) is 4.39 Å². The summed E-state index contributed by atoms with van der Waals surface area (Å²) in [5, 5.41) is 0. The summed E-state index contributed by atoms with van der Waals surface area (Å²) in [6.45, 7) is 3.36. The molecular formula is C13H13BrF4O. The minimum absolute atomic E-state index is 0.104. The fourth-order valence-electron chi connectivity index (χ4n) is 1.56. The van der Waals surface area contributed by atoms with Crippen LogP contribution in [-0.4, -0.2) is 10.6 Å². The van der Waals surface area contributed by atoms with Gasteiger partial charge in [0.15, 0.2) is 0 Å². The van der Waals surface area contributed by atoms with E-state index in [2.05, 4.69) is 15.9 Å². The lowest BCUT2D eigenvalue weighted by molar-refractivity contribution is -0.137. The van der Waals surface area contributed by atoms with Gasteiger partial charge in [0.05, 0.1) is 10.4 Å². The monoisotopic (exact) mass is 340 g/mol. The van der Waals surface area contributed by atoms with Gasteiger partial charge in [-0.15, -0.1) is 0 Å². The summed E-state index contributed by atoms with van der Waals surface area (Å²) in [5.41, 5.74) is -1.04. The largest absolute Gasteiger partial charge is 0.416 e. The summed E-state index contributed by atoms with van der Waals surface area (Å²) in [7, 11) is 0. The highest BCUT2D eigenvalue weighted by atomic mass is 79.9. The maximum Gasteiger partial charge on any atom is 0.416 e. The minimum Gasteiger partial charge on any atom is -0.298 e. The van der Waals surface area contributed by atoms with Crippen LogP contribution in [0.2, 0.25) is 0 Å². The van der Waals surface area contributed by atoms with Crippen molar-refractivity contribution in [3.05, 3.63) is 35.1 Å². The second-order valence-electron chi connectivity index (χ2n) is 4.53. The lowest BCUT2D eigenvalue weighted by Gasteiger charge is -2.14. The number of rotatable bonds is 4. The van der Waals surface area contributed by atoms with Crippen molar-refractivity contribution in [1.82, 2.24) is 0 Å². The van der Waals surface area contributed by atoms with E-state index in [9.17, 15) is 22.4 Å². The molecule has 0 spiro atoms. The van der Waals surface area contributed by atoms with E-state index in [1.165, 1.54) is 0 Å². The van der Waals surface area contributed by atoms with Crippen molar-refractivity contribution in [2.24, 2.45) is 5.92 Å². The van der Waals surface area contributed by atoms with Crippen LogP contribution < -0.4 is 0 Å². The Morgan fingerprint density at radius 1 is 1.32 bits per heavy atom. The van der Waals surface area contributed by atoms with Gasteiger partial charge >= 0.3 is 6.18 Å². The van der Waals surface area contributed by atoms with Crippen LogP contribution in [0.1, 0.15) is 25.0 Å². The smallest absolute Gasteiger partial charge is 0.298 e. The van der Waals surface area contributed by atoms with Crippen LogP contribution in [-0.2, 0) is 17.4 Å². The summed E-state index contributed by atoms with van der Waals surface area (Å²) in [4.78, 5) is 11.0. The number of ketones is 1. The van der Waals surface area contributed by atoms with E-state index in [4.69, 9.17) is 0 Å². The predicted molar refractivity (Wildman–Crippen MR) is 67.7 cm³/mol. The molecule has 0 aliphatic heterocycles. The van der Waals surface area contributed by atoms with E-state index < -0.39 is 22.4 Å². The van der Waals surface area contributed by atoms with Gasteiger partial charge in [-0.2, -0.15) is 13.2 Å². The van der Waals surface area contributed by atoms with Crippen LogP contribution in [0, 0.1) is 11.7 Å². The van der Waals surface area contributed by atoms with Crippen LogP contribution in [0.5, 0.6) is 0 Å². The third-order valence-corrected chi connectivity index (χ3v) is 3.42. The van der Waals surface area contributed by atoms with Crippen molar-refractivity contribution in [2.45, 2.75) is 31.3 Å². The van der Waals surface area contributed by atoms with E-state index >= 15 is 0 Å². The molecule has 0 N–H and O–H groups in total. The van der Waals surface area contributed by atoms with Gasteiger partial charge in [-0.3, -0.25) is 4.79 Å². The lowest BCUT2D eigenvalue weighted by atomic mass is 9.99. The zero-order valence-electron chi connectivity index (χ0n) is 10.4. The van der Waals surface area contributed by atoms with Crippen LogP contribution in [0.4, 0.5) is 17.6 Å². The topological polar surface area (TPSA) is 17.1 Å². The third-order valence-electron chi connectivity index (χ3n) is 2.65. The van der Waals surface area contributed by atoms with Crippen molar-refractivity contribution in [3.8, 4) is 0 Å². The first kappa shape index (κ1) is 16.1. The highest BCUT2D eigenvalue weighted by Crippen LogP contribution is 2.31. The Balaban J connectivity index is 2.98. The van der Waals surface area contributed by atoms with Crippen molar-refractivity contribution >= 4 is 21.7 Å². The summed E-state index contributed by atoms with van der Waals surface area (Å²) < 4.78 is 51.1. The quantitative estimate of drug-likeness (QED) is 0.587. The molecule has 19 heavy (non-hydrogen) atoms. The molecule has 106 valence electrons.